The fourth-order valence-electron chi connectivity index (χ4n) is 2.35. The molecule has 0 amide bonds. The second kappa shape index (κ2) is 7.16. The van der Waals surface area contributed by atoms with Crippen LogP contribution in [-0.4, -0.2) is 20.1 Å². The zero-order valence-electron chi connectivity index (χ0n) is 13.6. The summed E-state index contributed by atoms with van der Waals surface area (Å²) >= 11 is 0. The summed E-state index contributed by atoms with van der Waals surface area (Å²) in [6.07, 6.45) is 0.385. The minimum Gasteiger partial charge on any atom is -0.356 e. The third-order valence-electron chi connectivity index (χ3n) is 3.73. The molecule has 0 aliphatic rings. The van der Waals surface area contributed by atoms with E-state index in [0.29, 0.717) is 17.9 Å². The molecule has 7 heteroatoms. The van der Waals surface area contributed by atoms with Crippen molar-refractivity contribution in [2.24, 2.45) is 0 Å². The first-order valence-electron chi connectivity index (χ1n) is 7.72. The van der Waals surface area contributed by atoms with Gasteiger partial charge in [0.05, 0.1) is 10.6 Å². The number of aryl methyl sites for hydroxylation is 1. The van der Waals surface area contributed by atoms with Crippen LogP contribution in [0.2, 0.25) is 0 Å². The van der Waals surface area contributed by atoms with Gasteiger partial charge in [-0.3, -0.25) is 0 Å². The van der Waals surface area contributed by atoms with E-state index in [1.165, 1.54) is 19.1 Å². The van der Waals surface area contributed by atoms with E-state index in [4.69, 9.17) is 4.52 Å². The fourth-order valence-corrected chi connectivity index (χ4v) is 3.47. The van der Waals surface area contributed by atoms with Gasteiger partial charge >= 0.3 is 0 Å². The molecule has 2 aromatic carbocycles. The highest BCUT2D eigenvalue weighted by molar-refractivity contribution is 7.89. The molecular formula is C18H17FN2O3S. The Kier molecular flexibility index (Phi) is 4.96. The number of benzene rings is 2. The van der Waals surface area contributed by atoms with Crippen molar-refractivity contribution in [3.8, 4) is 11.3 Å². The summed E-state index contributed by atoms with van der Waals surface area (Å²) in [5, 5.41) is 3.95. The fraction of sp³-hybridized carbons (Fsp3) is 0.167. The molecule has 130 valence electrons. The van der Waals surface area contributed by atoms with Gasteiger partial charge in [0.15, 0.2) is 5.76 Å². The van der Waals surface area contributed by atoms with Crippen molar-refractivity contribution in [1.29, 1.82) is 0 Å². The molecule has 3 rings (SSSR count). The molecule has 0 spiro atoms. The molecule has 0 unspecified atom stereocenters. The summed E-state index contributed by atoms with van der Waals surface area (Å²) in [6.45, 7) is 1.69. The van der Waals surface area contributed by atoms with Gasteiger partial charge in [0.2, 0.25) is 10.0 Å². The molecule has 0 aliphatic heterocycles. The van der Waals surface area contributed by atoms with Gasteiger partial charge < -0.3 is 4.52 Å². The molecule has 0 radical (unpaired) electrons. The van der Waals surface area contributed by atoms with Crippen molar-refractivity contribution < 1.29 is 17.3 Å². The van der Waals surface area contributed by atoms with E-state index in [0.717, 1.165) is 11.6 Å². The highest BCUT2D eigenvalue weighted by atomic mass is 32.2. The van der Waals surface area contributed by atoms with Crippen molar-refractivity contribution in [1.82, 2.24) is 9.88 Å². The van der Waals surface area contributed by atoms with E-state index in [9.17, 15) is 12.8 Å². The van der Waals surface area contributed by atoms with Gasteiger partial charge in [0.25, 0.3) is 0 Å². The number of hydrogen-bond acceptors (Lipinski definition) is 4. The Morgan fingerprint density at radius 3 is 2.60 bits per heavy atom. The lowest BCUT2D eigenvalue weighted by Crippen LogP contribution is -2.26. The number of nitrogens with one attached hydrogen (secondary N) is 1. The number of nitrogens with zero attached hydrogens (tertiary/aromatic N) is 1. The maximum Gasteiger partial charge on any atom is 0.240 e. The summed E-state index contributed by atoms with van der Waals surface area (Å²) in [6, 6.07) is 15.0. The van der Waals surface area contributed by atoms with Gasteiger partial charge in [0.1, 0.15) is 5.82 Å². The van der Waals surface area contributed by atoms with Crippen molar-refractivity contribution in [2.45, 2.75) is 18.2 Å². The lowest BCUT2D eigenvalue weighted by atomic mass is 10.1. The quantitative estimate of drug-likeness (QED) is 0.732. The van der Waals surface area contributed by atoms with Crippen molar-refractivity contribution in [3.63, 3.8) is 0 Å². The van der Waals surface area contributed by atoms with Crippen molar-refractivity contribution in [3.05, 3.63) is 71.7 Å². The van der Waals surface area contributed by atoms with Gasteiger partial charge in [-0.2, -0.15) is 0 Å². The van der Waals surface area contributed by atoms with Gasteiger partial charge in [-0.05, 0) is 30.7 Å². The van der Waals surface area contributed by atoms with Crippen LogP contribution in [0.25, 0.3) is 11.3 Å². The lowest BCUT2D eigenvalue weighted by Gasteiger charge is -2.07. The second-order valence-corrected chi connectivity index (χ2v) is 7.37. The average molecular weight is 360 g/mol. The molecule has 1 N–H and O–H groups in total. The number of rotatable bonds is 6. The molecule has 0 saturated heterocycles. The normalized spacial score (nSPS) is 11.6. The van der Waals surface area contributed by atoms with Crippen LogP contribution in [0, 0.1) is 12.7 Å². The highest BCUT2D eigenvalue weighted by Crippen LogP contribution is 2.20. The van der Waals surface area contributed by atoms with E-state index in [2.05, 4.69) is 9.88 Å². The zero-order valence-corrected chi connectivity index (χ0v) is 14.4. The summed E-state index contributed by atoms with van der Waals surface area (Å²) in [7, 11) is -3.69. The first-order chi connectivity index (χ1) is 12.0. The molecular weight excluding hydrogens is 343 g/mol. The summed E-state index contributed by atoms with van der Waals surface area (Å²) in [4.78, 5) is 0.0385. The first-order valence-corrected chi connectivity index (χ1v) is 9.21. The van der Waals surface area contributed by atoms with E-state index in [1.807, 2.05) is 30.3 Å². The van der Waals surface area contributed by atoms with Gasteiger partial charge in [-0.15, -0.1) is 0 Å². The largest absolute Gasteiger partial charge is 0.356 e. The highest BCUT2D eigenvalue weighted by Gasteiger charge is 2.15. The third kappa shape index (κ3) is 4.12. The summed E-state index contributed by atoms with van der Waals surface area (Å²) in [5.41, 5.74) is 1.84. The summed E-state index contributed by atoms with van der Waals surface area (Å²) < 4.78 is 45.5. The minimum atomic E-state index is -3.69. The molecule has 25 heavy (non-hydrogen) atoms. The number of hydrogen-bond donors (Lipinski definition) is 1. The van der Waals surface area contributed by atoms with Gasteiger partial charge in [-0.1, -0.05) is 35.5 Å². The lowest BCUT2D eigenvalue weighted by molar-refractivity contribution is 0.423. The smallest absolute Gasteiger partial charge is 0.240 e. The van der Waals surface area contributed by atoms with Crippen molar-refractivity contribution >= 4 is 10.0 Å². The Bertz CT molecular complexity index is 969. The topological polar surface area (TPSA) is 72.2 Å². The van der Waals surface area contributed by atoms with E-state index in [1.54, 1.807) is 6.07 Å². The molecule has 1 aromatic heterocycles. The van der Waals surface area contributed by atoms with Crippen LogP contribution in [0.5, 0.6) is 0 Å². The SMILES string of the molecule is Cc1cc(S(=O)(=O)NCCc2cc(-c3ccccc3)on2)ccc1F. The minimum absolute atomic E-state index is 0.0385. The van der Waals surface area contributed by atoms with E-state index in [-0.39, 0.29) is 17.0 Å². The second-order valence-electron chi connectivity index (χ2n) is 5.61. The summed E-state index contributed by atoms with van der Waals surface area (Å²) in [5.74, 6) is 0.197. The molecule has 5 nitrogen and oxygen atoms in total. The van der Waals surface area contributed by atoms with Crippen LogP contribution >= 0.6 is 0 Å². The molecule has 0 saturated carbocycles. The number of aromatic nitrogens is 1. The third-order valence-corrected chi connectivity index (χ3v) is 5.19. The van der Waals surface area contributed by atoms with Crippen LogP contribution in [0.3, 0.4) is 0 Å². The van der Waals surface area contributed by atoms with Crippen LogP contribution in [0.4, 0.5) is 4.39 Å². The predicted octanol–water partition coefficient (Wildman–Crippen LogP) is 3.31. The Labute approximate surface area is 145 Å². The van der Waals surface area contributed by atoms with Crippen LogP contribution in [-0.2, 0) is 16.4 Å². The molecule has 0 atom stereocenters. The van der Waals surface area contributed by atoms with E-state index >= 15 is 0 Å². The predicted molar refractivity (Wildman–Crippen MR) is 92.0 cm³/mol. The van der Waals surface area contributed by atoms with Crippen LogP contribution in [0.15, 0.2) is 64.0 Å². The van der Waals surface area contributed by atoms with Crippen LogP contribution in [0.1, 0.15) is 11.3 Å². The molecule has 0 fully saturated rings. The monoisotopic (exact) mass is 360 g/mol. The van der Waals surface area contributed by atoms with Gasteiger partial charge in [-0.25, -0.2) is 17.5 Å². The Morgan fingerprint density at radius 1 is 1.12 bits per heavy atom. The molecule has 0 bridgehead atoms. The molecule has 3 aromatic rings. The molecule has 1 heterocycles. The Balaban J connectivity index is 1.63. The van der Waals surface area contributed by atoms with E-state index < -0.39 is 15.8 Å². The zero-order chi connectivity index (χ0) is 17.9. The van der Waals surface area contributed by atoms with Gasteiger partial charge in [0, 0.05) is 24.6 Å². The average Bonchev–Trinajstić information content (AvgIpc) is 3.07. The first kappa shape index (κ1) is 17.3. The number of halogens is 1. The Hall–Kier alpha value is -2.51. The maximum absolute atomic E-state index is 13.3. The Morgan fingerprint density at radius 2 is 1.88 bits per heavy atom. The van der Waals surface area contributed by atoms with Crippen LogP contribution < -0.4 is 4.72 Å². The van der Waals surface area contributed by atoms with Crippen molar-refractivity contribution in [2.75, 3.05) is 6.54 Å². The number of sulfonamides is 1. The molecule has 0 aliphatic carbocycles. The standard InChI is InChI=1S/C18H17FN2O3S/c1-13-11-16(7-8-17(13)19)25(22,23)20-10-9-15-12-18(24-21-15)14-5-3-2-4-6-14/h2-8,11-12,20H,9-10H2,1H3. The maximum atomic E-state index is 13.3.